The van der Waals surface area contributed by atoms with Gasteiger partial charge in [-0.15, -0.1) is 0 Å². The van der Waals surface area contributed by atoms with E-state index in [1.807, 2.05) is 11.0 Å². The highest BCUT2D eigenvalue weighted by molar-refractivity contribution is 5.83. The first kappa shape index (κ1) is 17.5. The molecule has 0 radical (unpaired) electrons. The van der Waals surface area contributed by atoms with Crippen LogP contribution in [0.3, 0.4) is 0 Å². The van der Waals surface area contributed by atoms with Crippen molar-refractivity contribution in [2.24, 2.45) is 0 Å². The van der Waals surface area contributed by atoms with Crippen LogP contribution in [-0.2, 0) is 13.0 Å². The van der Waals surface area contributed by atoms with Crippen LogP contribution in [0.15, 0.2) is 48.8 Å². The number of rotatable bonds is 5. The molecule has 2 N–H and O–H groups in total. The molecule has 1 aliphatic heterocycles. The monoisotopic (exact) mass is 364 g/mol. The predicted octanol–water partition coefficient (Wildman–Crippen LogP) is 2.03. The van der Waals surface area contributed by atoms with Gasteiger partial charge in [0.1, 0.15) is 12.2 Å². The fourth-order valence-electron chi connectivity index (χ4n) is 3.45. The number of benzene rings is 2. The van der Waals surface area contributed by atoms with Crippen LogP contribution >= 0.6 is 0 Å². The largest absolute Gasteiger partial charge is 0.338 e. The van der Waals surface area contributed by atoms with E-state index in [2.05, 4.69) is 61.8 Å². The third-order valence-electron chi connectivity index (χ3n) is 5.00. The van der Waals surface area contributed by atoms with Crippen molar-refractivity contribution in [1.82, 2.24) is 30.3 Å². The maximum absolute atomic E-state index is 12.4. The van der Waals surface area contributed by atoms with Crippen LogP contribution in [0.2, 0.25) is 0 Å². The second kappa shape index (κ2) is 8.18. The molecular formula is C20H24N6O. The van der Waals surface area contributed by atoms with Gasteiger partial charge in [0, 0.05) is 32.7 Å². The Morgan fingerprint density at radius 1 is 1.07 bits per heavy atom. The fourth-order valence-corrected chi connectivity index (χ4v) is 3.45. The number of carbonyl (C=O) groups is 1. The number of urea groups is 1. The number of aromatic nitrogens is 3. The number of nitrogens with one attached hydrogen (secondary N) is 2. The van der Waals surface area contributed by atoms with Gasteiger partial charge in [0.05, 0.1) is 6.54 Å². The zero-order valence-electron chi connectivity index (χ0n) is 15.3. The molecule has 0 bridgehead atoms. The molecule has 4 rings (SSSR count). The summed E-state index contributed by atoms with van der Waals surface area (Å²) in [7, 11) is 0. The van der Waals surface area contributed by atoms with E-state index in [0.29, 0.717) is 6.54 Å². The molecule has 27 heavy (non-hydrogen) atoms. The zero-order chi connectivity index (χ0) is 18.5. The smallest absolute Gasteiger partial charge is 0.317 e. The minimum atomic E-state index is 0.0232. The first-order valence-corrected chi connectivity index (χ1v) is 9.35. The van der Waals surface area contributed by atoms with E-state index >= 15 is 0 Å². The highest BCUT2D eigenvalue weighted by atomic mass is 16.2. The molecule has 7 heteroatoms. The number of carbonyl (C=O) groups excluding carboxylic acids is 1. The second-order valence-electron chi connectivity index (χ2n) is 6.86. The standard InChI is InChI=1S/C20H24N6O/c27-20(26-11-9-25(10-12-26)14-19-22-15-23-24-19)21-8-7-16-5-6-17-3-1-2-4-18(17)13-16/h1-6,13,15H,7-12,14H2,(H,21,27)(H,22,23,24). The molecule has 7 nitrogen and oxygen atoms in total. The van der Waals surface area contributed by atoms with Gasteiger partial charge in [-0.05, 0) is 22.8 Å². The molecule has 2 heterocycles. The first-order chi connectivity index (χ1) is 13.3. The minimum Gasteiger partial charge on any atom is -0.338 e. The van der Waals surface area contributed by atoms with E-state index in [1.165, 1.54) is 22.7 Å². The van der Waals surface area contributed by atoms with E-state index in [1.54, 1.807) is 0 Å². The molecule has 1 aliphatic rings. The van der Waals surface area contributed by atoms with Crippen molar-refractivity contribution in [3.05, 3.63) is 60.2 Å². The van der Waals surface area contributed by atoms with Gasteiger partial charge in [0.2, 0.25) is 0 Å². The molecule has 0 atom stereocenters. The summed E-state index contributed by atoms with van der Waals surface area (Å²) in [6.07, 6.45) is 2.36. The lowest BCUT2D eigenvalue weighted by molar-refractivity contribution is 0.133. The molecule has 140 valence electrons. The number of aromatic amines is 1. The number of fused-ring (bicyclic) bond motifs is 1. The molecule has 0 unspecified atom stereocenters. The molecule has 1 aromatic heterocycles. The minimum absolute atomic E-state index is 0.0232. The number of piperazine rings is 1. The van der Waals surface area contributed by atoms with Gasteiger partial charge < -0.3 is 10.2 Å². The molecule has 0 spiro atoms. The summed E-state index contributed by atoms with van der Waals surface area (Å²) in [5.74, 6) is 0.864. The van der Waals surface area contributed by atoms with Gasteiger partial charge in [0.25, 0.3) is 0 Å². The SMILES string of the molecule is O=C(NCCc1ccc2ccccc2c1)N1CCN(Cc2ncn[nH]2)CC1. The lowest BCUT2D eigenvalue weighted by Crippen LogP contribution is -2.51. The summed E-state index contributed by atoms with van der Waals surface area (Å²) >= 11 is 0. The highest BCUT2D eigenvalue weighted by Crippen LogP contribution is 2.15. The third-order valence-corrected chi connectivity index (χ3v) is 5.00. The van der Waals surface area contributed by atoms with Crippen molar-refractivity contribution in [2.75, 3.05) is 32.7 Å². The Labute approximate surface area is 158 Å². The molecule has 2 aromatic carbocycles. The van der Waals surface area contributed by atoms with Gasteiger partial charge in [0.15, 0.2) is 0 Å². The van der Waals surface area contributed by atoms with Crippen LogP contribution in [-0.4, -0.2) is 63.7 Å². The van der Waals surface area contributed by atoms with Crippen molar-refractivity contribution < 1.29 is 4.79 Å². The normalized spacial score (nSPS) is 15.2. The zero-order valence-corrected chi connectivity index (χ0v) is 15.3. The Bertz CT molecular complexity index is 886. The number of hydrogen-bond acceptors (Lipinski definition) is 4. The van der Waals surface area contributed by atoms with Crippen LogP contribution in [0.5, 0.6) is 0 Å². The van der Waals surface area contributed by atoms with E-state index in [9.17, 15) is 4.79 Å². The van der Waals surface area contributed by atoms with Gasteiger partial charge in [-0.2, -0.15) is 5.10 Å². The molecule has 1 fully saturated rings. The summed E-state index contributed by atoms with van der Waals surface area (Å²) in [6.45, 7) is 4.55. The summed E-state index contributed by atoms with van der Waals surface area (Å²) in [5.41, 5.74) is 1.24. The van der Waals surface area contributed by atoms with Crippen LogP contribution in [0, 0.1) is 0 Å². The number of amides is 2. The van der Waals surface area contributed by atoms with Crippen molar-refractivity contribution in [1.29, 1.82) is 0 Å². The van der Waals surface area contributed by atoms with E-state index in [4.69, 9.17) is 0 Å². The number of nitrogens with zero attached hydrogens (tertiary/aromatic N) is 4. The van der Waals surface area contributed by atoms with E-state index in [0.717, 1.165) is 45.0 Å². The van der Waals surface area contributed by atoms with Crippen LogP contribution in [0.25, 0.3) is 10.8 Å². The molecule has 0 saturated carbocycles. The number of H-pyrrole nitrogens is 1. The average Bonchev–Trinajstić information content (AvgIpc) is 3.21. The fraction of sp³-hybridized carbons (Fsp3) is 0.350. The topological polar surface area (TPSA) is 77.2 Å². The lowest BCUT2D eigenvalue weighted by atomic mass is 10.1. The van der Waals surface area contributed by atoms with Crippen molar-refractivity contribution in [2.45, 2.75) is 13.0 Å². The van der Waals surface area contributed by atoms with Crippen molar-refractivity contribution in [3.8, 4) is 0 Å². The molecule has 0 aliphatic carbocycles. The Morgan fingerprint density at radius 3 is 2.67 bits per heavy atom. The Morgan fingerprint density at radius 2 is 1.89 bits per heavy atom. The summed E-state index contributed by atoms with van der Waals surface area (Å²) in [5, 5.41) is 12.3. The van der Waals surface area contributed by atoms with Gasteiger partial charge in [-0.1, -0.05) is 42.5 Å². The maximum atomic E-state index is 12.4. The van der Waals surface area contributed by atoms with Crippen molar-refractivity contribution in [3.63, 3.8) is 0 Å². The Kier molecular flexibility index (Phi) is 5.29. The Balaban J connectivity index is 1.21. The van der Waals surface area contributed by atoms with Crippen LogP contribution < -0.4 is 5.32 Å². The van der Waals surface area contributed by atoms with E-state index in [-0.39, 0.29) is 6.03 Å². The highest BCUT2D eigenvalue weighted by Gasteiger charge is 2.21. The maximum Gasteiger partial charge on any atom is 0.317 e. The van der Waals surface area contributed by atoms with Crippen molar-refractivity contribution >= 4 is 16.8 Å². The Hall–Kier alpha value is -2.93. The van der Waals surface area contributed by atoms with Crippen LogP contribution in [0.1, 0.15) is 11.4 Å². The summed E-state index contributed by atoms with van der Waals surface area (Å²) < 4.78 is 0. The molecule has 2 amide bonds. The number of hydrogen-bond donors (Lipinski definition) is 2. The van der Waals surface area contributed by atoms with Gasteiger partial charge >= 0.3 is 6.03 Å². The summed E-state index contributed by atoms with van der Waals surface area (Å²) in [4.78, 5) is 20.7. The third kappa shape index (κ3) is 4.43. The van der Waals surface area contributed by atoms with E-state index < -0.39 is 0 Å². The molecule has 1 saturated heterocycles. The lowest BCUT2D eigenvalue weighted by Gasteiger charge is -2.34. The second-order valence-corrected chi connectivity index (χ2v) is 6.86. The average molecular weight is 364 g/mol. The van der Waals surface area contributed by atoms with Crippen LogP contribution in [0.4, 0.5) is 4.79 Å². The quantitative estimate of drug-likeness (QED) is 0.726. The van der Waals surface area contributed by atoms with Gasteiger partial charge in [-0.25, -0.2) is 9.78 Å². The predicted molar refractivity (Wildman–Crippen MR) is 104 cm³/mol. The first-order valence-electron chi connectivity index (χ1n) is 9.35. The molecular weight excluding hydrogens is 340 g/mol. The summed E-state index contributed by atoms with van der Waals surface area (Å²) in [6, 6.07) is 14.8. The molecule has 3 aromatic rings. The van der Waals surface area contributed by atoms with Gasteiger partial charge in [-0.3, -0.25) is 10.00 Å².